The molecule has 0 N–H and O–H groups in total. The van der Waals surface area contributed by atoms with Crippen LogP contribution in [0.15, 0.2) is 28.6 Å². The van der Waals surface area contributed by atoms with Crippen molar-refractivity contribution in [3.05, 3.63) is 28.6 Å². The third-order valence-corrected chi connectivity index (χ3v) is 4.91. The number of rotatable bonds is 6. The molecule has 0 saturated carbocycles. The summed E-state index contributed by atoms with van der Waals surface area (Å²) >= 11 is 9.19. The second-order valence-electron chi connectivity index (χ2n) is 4.01. The highest BCUT2D eigenvalue weighted by atomic mass is 35.5. The fraction of sp³-hybridized carbons (Fsp3) is 0.286. The van der Waals surface area contributed by atoms with E-state index in [1.165, 1.54) is 18.9 Å². The van der Waals surface area contributed by atoms with Gasteiger partial charge in [-0.2, -0.15) is 0 Å². The summed E-state index contributed by atoms with van der Waals surface area (Å²) in [6.45, 7) is 0. The van der Waals surface area contributed by atoms with E-state index >= 15 is 0 Å². The van der Waals surface area contributed by atoms with E-state index in [1.807, 2.05) is 23.6 Å². The van der Waals surface area contributed by atoms with Gasteiger partial charge in [0.25, 0.3) is 0 Å². The number of hydrogen-bond donors (Lipinski definition) is 0. The number of halogens is 1. The Morgan fingerprint density at radius 3 is 2.90 bits per heavy atom. The lowest BCUT2D eigenvalue weighted by atomic mass is 10.2. The van der Waals surface area contributed by atoms with Crippen LogP contribution in [0.3, 0.4) is 0 Å². The first-order valence-corrected chi connectivity index (χ1v) is 8.37. The summed E-state index contributed by atoms with van der Waals surface area (Å²) in [5.74, 6) is 1.09. The first-order chi connectivity index (χ1) is 10.1. The first-order valence-electron chi connectivity index (χ1n) is 6.13. The highest BCUT2D eigenvalue weighted by molar-refractivity contribution is 7.99. The van der Waals surface area contributed by atoms with E-state index in [4.69, 9.17) is 16.3 Å². The van der Waals surface area contributed by atoms with E-state index in [2.05, 4.69) is 9.72 Å². The number of hydrogen-bond acceptors (Lipinski definition) is 6. The average molecular weight is 344 g/mol. The van der Waals surface area contributed by atoms with Gasteiger partial charge in [-0.3, -0.25) is 4.79 Å². The van der Waals surface area contributed by atoms with E-state index in [0.29, 0.717) is 22.9 Å². The molecule has 0 aliphatic rings. The van der Waals surface area contributed by atoms with Gasteiger partial charge in [0.05, 0.1) is 25.7 Å². The van der Waals surface area contributed by atoms with Crippen molar-refractivity contribution in [2.24, 2.45) is 0 Å². The van der Waals surface area contributed by atoms with E-state index in [-0.39, 0.29) is 5.97 Å². The van der Waals surface area contributed by atoms with Crippen LogP contribution in [0.1, 0.15) is 6.42 Å². The molecule has 1 heterocycles. The van der Waals surface area contributed by atoms with Crippen molar-refractivity contribution in [3.63, 3.8) is 0 Å². The first kappa shape index (κ1) is 16.1. The molecule has 0 aliphatic heterocycles. The van der Waals surface area contributed by atoms with Gasteiger partial charge in [-0.15, -0.1) is 23.1 Å². The lowest BCUT2D eigenvalue weighted by Crippen LogP contribution is -2.00. The van der Waals surface area contributed by atoms with Crippen molar-refractivity contribution in [1.82, 2.24) is 4.98 Å². The van der Waals surface area contributed by atoms with Crippen LogP contribution in [0.2, 0.25) is 5.02 Å². The topological polar surface area (TPSA) is 48.4 Å². The van der Waals surface area contributed by atoms with Crippen molar-refractivity contribution < 1.29 is 14.3 Å². The Labute approximate surface area is 136 Å². The van der Waals surface area contributed by atoms with Crippen LogP contribution < -0.4 is 4.74 Å². The number of esters is 1. The summed E-state index contributed by atoms with van der Waals surface area (Å²) < 4.78 is 9.73. The largest absolute Gasteiger partial charge is 0.495 e. The van der Waals surface area contributed by atoms with Gasteiger partial charge >= 0.3 is 5.97 Å². The number of carbonyl (C=O) groups is 1. The zero-order valence-corrected chi connectivity index (χ0v) is 14.0. The molecule has 2 aromatic rings. The van der Waals surface area contributed by atoms with Gasteiger partial charge in [0, 0.05) is 16.7 Å². The monoisotopic (exact) mass is 343 g/mol. The summed E-state index contributed by atoms with van der Waals surface area (Å²) in [6, 6.07) is 5.58. The Balaban J connectivity index is 2.02. The normalized spacial score (nSPS) is 10.4. The minimum absolute atomic E-state index is 0.208. The third kappa shape index (κ3) is 4.36. The maximum atomic E-state index is 11.0. The van der Waals surface area contributed by atoms with Crippen LogP contribution >= 0.6 is 34.7 Å². The molecule has 0 saturated heterocycles. The number of methoxy groups -OCH3 is 2. The van der Waals surface area contributed by atoms with Gasteiger partial charge < -0.3 is 9.47 Å². The molecule has 0 radical (unpaired) electrons. The maximum absolute atomic E-state index is 11.0. The lowest BCUT2D eigenvalue weighted by Gasteiger charge is -2.03. The molecule has 0 atom stereocenters. The molecule has 0 fully saturated rings. The van der Waals surface area contributed by atoms with Crippen molar-refractivity contribution in [1.29, 1.82) is 0 Å². The average Bonchev–Trinajstić information content (AvgIpc) is 2.95. The summed E-state index contributed by atoms with van der Waals surface area (Å²) in [5, 5.41) is 4.31. The standard InChI is InChI=1S/C14H14ClNO3S2/c1-18-11-4-3-9(7-10(11)15)14-16-12(8-21-14)20-6-5-13(17)19-2/h3-4,7-8H,5-6H2,1-2H3. The van der Waals surface area contributed by atoms with E-state index in [1.54, 1.807) is 18.4 Å². The highest BCUT2D eigenvalue weighted by Gasteiger charge is 2.09. The Kier molecular flexibility index (Phi) is 5.90. The molecule has 2 rings (SSSR count). The SMILES string of the molecule is COC(=O)CCSc1csc(-c2ccc(OC)c(Cl)c2)n1. The van der Waals surface area contributed by atoms with Gasteiger partial charge in [-0.1, -0.05) is 11.6 Å². The van der Waals surface area contributed by atoms with Crippen LogP contribution in [0, 0.1) is 0 Å². The molecule has 0 unspecified atom stereocenters. The highest BCUT2D eigenvalue weighted by Crippen LogP contribution is 2.33. The molecule has 7 heteroatoms. The van der Waals surface area contributed by atoms with Gasteiger partial charge in [0.1, 0.15) is 15.8 Å². The van der Waals surface area contributed by atoms with Crippen LogP contribution in [-0.2, 0) is 9.53 Å². The smallest absolute Gasteiger partial charge is 0.306 e. The molecule has 21 heavy (non-hydrogen) atoms. The zero-order chi connectivity index (χ0) is 15.2. The Hall–Kier alpha value is -1.24. The quantitative estimate of drug-likeness (QED) is 0.583. The molecule has 0 amide bonds. The van der Waals surface area contributed by atoms with Crippen LogP contribution in [0.5, 0.6) is 5.75 Å². The van der Waals surface area contributed by atoms with E-state index in [0.717, 1.165) is 15.6 Å². The van der Waals surface area contributed by atoms with Crippen LogP contribution in [0.4, 0.5) is 0 Å². The fourth-order valence-electron chi connectivity index (χ4n) is 1.60. The zero-order valence-electron chi connectivity index (χ0n) is 11.6. The second-order valence-corrected chi connectivity index (χ2v) is 6.40. The molecule has 0 spiro atoms. The van der Waals surface area contributed by atoms with Crippen molar-refractivity contribution in [2.45, 2.75) is 11.4 Å². The van der Waals surface area contributed by atoms with Crippen molar-refractivity contribution in [2.75, 3.05) is 20.0 Å². The van der Waals surface area contributed by atoms with Crippen molar-refractivity contribution >= 4 is 40.7 Å². The second kappa shape index (κ2) is 7.68. The van der Waals surface area contributed by atoms with Crippen molar-refractivity contribution in [3.8, 4) is 16.3 Å². The Bertz CT molecular complexity index is 630. The molecule has 0 bridgehead atoms. The molecule has 1 aromatic carbocycles. The Morgan fingerprint density at radius 2 is 2.24 bits per heavy atom. The van der Waals surface area contributed by atoms with E-state index < -0.39 is 0 Å². The predicted octanol–water partition coefficient (Wildman–Crippen LogP) is 4.13. The number of thiazole rings is 1. The lowest BCUT2D eigenvalue weighted by molar-refractivity contribution is -0.140. The number of ether oxygens (including phenoxy) is 2. The van der Waals surface area contributed by atoms with Crippen LogP contribution in [0.25, 0.3) is 10.6 Å². The third-order valence-electron chi connectivity index (χ3n) is 2.67. The molecule has 1 aromatic heterocycles. The molecular weight excluding hydrogens is 330 g/mol. The summed E-state index contributed by atoms with van der Waals surface area (Å²) in [4.78, 5) is 15.6. The van der Waals surface area contributed by atoms with Gasteiger partial charge in [-0.25, -0.2) is 4.98 Å². The number of carbonyl (C=O) groups excluding carboxylic acids is 1. The van der Waals surface area contributed by atoms with Gasteiger partial charge in [0.2, 0.25) is 0 Å². The number of nitrogens with zero attached hydrogens (tertiary/aromatic N) is 1. The van der Waals surface area contributed by atoms with Gasteiger partial charge in [-0.05, 0) is 18.2 Å². The van der Waals surface area contributed by atoms with Gasteiger partial charge in [0.15, 0.2) is 0 Å². The number of thioether (sulfide) groups is 1. The molecule has 112 valence electrons. The minimum atomic E-state index is -0.208. The molecular formula is C14H14ClNO3S2. The maximum Gasteiger partial charge on any atom is 0.306 e. The summed E-state index contributed by atoms with van der Waals surface area (Å²) in [7, 11) is 2.97. The minimum Gasteiger partial charge on any atom is -0.495 e. The summed E-state index contributed by atoms with van der Waals surface area (Å²) in [6.07, 6.45) is 0.377. The predicted molar refractivity (Wildman–Crippen MR) is 86.5 cm³/mol. The molecule has 4 nitrogen and oxygen atoms in total. The summed E-state index contributed by atoms with van der Waals surface area (Å²) in [5.41, 5.74) is 0.950. The number of benzene rings is 1. The Morgan fingerprint density at radius 1 is 1.43 bits per heavy atom. The van der Waals surface area contributed by atoms with E-state index in [9.17, 15) is 4.79 Å². The molecule has 0 aliphatic carbocycles. The number of aromatic nitrogens is 1. The van der Waals surface area contributed by atoms with Crippen LogP contribution in [-0.4, -0.2) is 30.9 Å². The fourth-order valence-corrected chi connectivity index (χ4v) is 3.64.